The molecule has 0 saturated carbocycles. The quantitative estimate of drug-likeness (QED) is 0.833. The summed E-state index contributed by atoms with van der Waals surface area (Å²) in [5.74, 6) is -0.130. The Hall–Kier alpha value is -1.66. The van der Waals surface area contributed by atoms with Crippen molar-refractivity contribution in [3.63, 3.8) is 0 Å². The van der Waals surface area contributed by atoms with Crippen molar-refractivity contribution in [2.24, 2.45) is 5.41 Å². The first-order valence-corrected chi connectivity index (χ1v) is 7.96. The SMILES string of the molecule is CCC[C@@]1(CO)CN(C(=O)COc2ccc(F)cc2)CC[C@H]1O. The molecule has 2 N–H and O–H groups in total. The number of likely N-dealkylation sites (tertiary alicyclic amines) is 1. The lowest BCUT2D eigenvalue weighted by molar-refractivity contribution is -0.144. The minimum atomic E-state index is -0.654. The number of rotatable bonds is 6. The molecule has 6 heteroatoms. The highest BCUT2D eigenvalue weighted by Gasteiger charge is 2.42. The third kappa shape index (κ3) is 4.20. The van der Waals surface area contributed by atoms with Crippen LogP contribution in [0, 0.1) is 11.2 Å². The normalized spacial score (nSPS) is 24.5. The van der Waals surface area contributed by atoms with Crippen LogP contribution in [0.4, 0.5) is 4.39 Å². The third-order valence-electron chi connectivity index (χ3n) is 4.48. The summed E-state index contributed by atoms with van der Waals surface area (Å²) in [5.41, 5.74) is -0.654. The number of carbonyl (C=O) groups excluding carboxylic acids is 1. The van der Waals surface area contributed by atoms with Crippen LogP contribution >= 0.6 is 0 Å². The van der Waals surface area contributed by atoms with Gasteiger partial charge in [-0.15, -0.1) is 0 Å². The Morgan fingerprint density at radius 2 is 2.13 bits per heavy atom. The van der Waals surface area contributed by atoms with Crippen molar-refractivity contribution in [1.29, 1.82) is 0 Å². The average molecular weight is 325 g/mol. The molecule has 1 aliphatic rings. The van der Waals surface area contributed by atoms with Crippen LogP contribution in [-0.2, 0) is 4.79 Å². The van der Waals surface area contributed by atoms with Gasteiger partial charge in [0.25, 0.3) is 5.91 Å². The van der Waals surface area contributed by atoms with E-state index in [2.05, 4.69) is 0 Å². The molecule has 1 fully saturated rings. The van der Waals surface area contributed by atoms with E-state index in [1.54, 1.807) is 4.90 Å². The summed E-state index contributed by atoms with van der Waals surface area (Å²) in [6.07, 6.45) is 1.33. The van der Waals surface area contributed by atoms with E-state index in [-0.39, 0.29) is 24.9 Å². The highest BCUT2D eigenvalue weighted by molar-refractivity contribution is 5.78. The lowest BCUT2D eigenvalue weighted by atomic mass is 9.74. The molecular weight excluding hydrogens is 301 g/mol. The summed E-state index contributed by atoms with van der Waals surface area (Å²) < 4.78 is 18.2. The van der Waals surface area contributed by atoms with Crippen molar-refractivity contribution in [3.8, 4) is 5.75 Å². The van der Waals surface area contributed by atoms with E-state index >= 15 is 0 Å². The van der Waals surface area contributed by atoms with Crippen LogP contribution in [0.15, 0.2) is 24.3 Å². The van der Waals surface area contributed by atoms with Crippen LogP contribution in [0.3, 0.4) is 0 Å². The second-order valence-corrected chi connectivity index (χ2v) is 6.13. The van der Waals surface area contributed by atoms with Gasteiger partial charge in [0.2, 0.25) is 0 Å². The summed E-state index contributed by atoms with van der Waals surface area (Å²) >= 11 is 0. The van der Waals surface area contributed by atoms with E-state index in [0.717, 1.165) is 6.42 Å². The van der Waals surface area contributed by atoms with Gasteiger partial charge in [0.1, 0.15) is 11.6 Å². The number of piperidine rings is 1. The zero-order valence-electron chi connectivity index (χ0n) is 13.4. The first-order chi connectivity index (χ1) is 11.0. The average Bonchev–Trinajstić information content (AvgIpc) is 2.56. The Labute approximate surface area is 135 Å². The summed E-state index contributed by atoms with van der Waals surface area (Å²) in [4.78, 5) is 13.9. The maximum atomic E-state index is 12.8. The van der Waals surface area contributed by atoms with Crippen LogP contribution in [0.25, 0.3) is 0 Å². The third-order valence-corrected chi connectivity index (χ3v) is 4.48. The lowest BCUT2D eigenvalue weighted by Gasteiger charge is -2.45. The largest absolute Gasteiger partial charge is 0.484 e. The van der Waals surface area contributed by atoms with Gasteiger partial charge in [-0.3, -0.25) is 4.79 Å². The van der Waals surface area contributed by atoms with E-state index in [9.17, 15) is 19.4 Å². The fourth-order valence-corrected chi connectivity index (χ4v) is 3.11. The maximum absolute atomic E-state index is 12.8. The first-order valence-electron chi connectivity index (χ1n) is 7.96. The molecule has 0 aliphatic carbocycles. The van der Waals surface area contributed by atoms with Crippen molar-refractivity contribution in [2.75, 3.05) is 26.3 Å². The van der Waals surface area contributed by atoms with Crippen molar-refractivity contribution < 1.29 is 24.1 Å². The number of ether oxygens (including phenoxy) is 1. The van der Waals surface area contributed by atoms with Crippen LogP contribution in [0.2, 0.25) is 0 Å². The van der Waals surface area contributed by atoms with E-state index < -0.39 is 11.5 Å². The van der Waals surface area contributed by atoms with E-state index in [1.165, 1.54) is 24.3 Å². The zero-order valence-corrected chi connectivity index (χ0v) is 13.4. The molecule has 0 unspecified atom stereocenters. The Morgan fingerprint density at radius 1 is 1.43 bits per heavy atom. The van der Waals surface area contributed by atoms with Crippen molar-refractivity contribution in [1.82, 2.24) is 4.90 Å². The van der Waals surface area contributed by atoms with Gasteiger partial charge in [-0.25, -0.2) is 4.39 Å². The van der Waals surface area contributed by atoms with Gasteiger partial charge < -0.3 is 19.8 Å². The number of carbonyl (C=O) groups is 1. The van der Waals surface area contributed by atoms with Gasteiger partial charge in [0.05, 0.1) is 12.7 Å². The topological polar surface area (TPSA) is 70.0 Å². The molecule has 1 aromatic rings. The van der Waals surface area contributed by atoms with Gasteiger partial charge in [0, 0.05) is 18.5 Å². The second kappa shape index (κ2) is 7.75. The molecule has 0 spiro atoms. The predicted octanol–water partition coefficient (Wildman–Crippen LogP) is 1.58. The molecule has 1 aliphatic heterocycles. The van der Waals surface area contributed by atoms with Crippen LogP contribution in [-0.4, -0.2) is 53.4 Å². The molecule has 128 valence electrons. The molecule has 1 amide bonds. The molecule has 0 bridgehead atoms. The summed E-state index contributed by atoms with van der Waals surface area (Å²) in [7, 11) is 0. The van der Waals surface area contributed by atoms with Crippen molar-refractivity contribution >= 4 is 5.91 Å². The number of aliphatic hydroxyl groups excluding tert-OH is 2. The molecule has 0 aromatic heterocycles. The van der Waals surface area contributed by atoms with Crippen molar-refractivity contribution in [2.45, 2.75) is 32.3 Å². The molecule has 23 heavy (non-hydrogen) atoms. The van der Waals surface area contributed by atoms with E-state index in [0.29, 0.717) is 31.7 Å². The second-order valence-electron chi connectivity index (χ2n) is 6.13. The van der Waals surface area contributed by atoms with E-state index in [1.807, 2.05) is 6.92 Å². The van der Waals surface area contributed by atoms with Crippen LogP contribution in [0.5, 0.6) is 5.75 Å². The Bertz CT molecular complexity index is 522. The fraction of sp³-hybridized carbons (Fsp3) is 0.588. The van der Waals surface area contributed by atoms with Gasteiger partial charge in [0.15, 0.2) is 6.61 Å². The molecule has 2 rings (SSSR count). The highest BCUT2D eigenvalue weighted by Crippen LogP contribution is 2.34. The number of aliphatic hydroxyl groups is 2. The zero-order chi connectivity index (χ0) is 16.9. The van der Waals surface area contributed by atoms with Gasteiger partial charge >= 0.3 is 0 Å². The molecule has 1 saturated heterocycles. The number of hydrogen-bond acceptors (Lipinski definition) is 4. The molecule has 5 nitrogen and oxygen atoms in total. The molecule has 2 atom stereocenters. The first kappa shape index (κ1) is 17.7. The summed E-state index contributed by atoms with van der Waals surface area (Å²) in [6, 6.07) is 5.49. The standard InChI is InChI=1S/C17H24FNO4/c1-2-8-17(12-20)11-19(9-7-15(17)21)16(22)10-23-14-5-3-13(18)4-6-14/h3-6,15,20-21H,2,7-12H2,1H3/t15-,17+/m1/s1. The predicted molar refractivity (Wildman–Crippen MR) is 83.5 cm³/mol. The molecule has 1 heterocycles. The van der Waals surface area contributed by atoms with Gasteiger partial charge in [-0.2, -0.15) is 0 Å². The minimum absolute atomic E-state index is 0.143. The molecule has 0 radical (unpaired) electrons. The Morgan fingerprint density at radius 3 is 2.74 bits per heavy atom. The van der Waals surface area contributed by atoms with Crippen LogP contribution in [0.1, 0.15) is 26.2 Å². The highest BCUT2D eigenvalue weighted by atomic mass is 19.1. The summed E-state index contributed by atoms with van der Waals surface area (Å²) in [6.45, 7) is 2.46. The monoisotopic (exact) mass is 325 g/mol. The Balaban J connectivity index is 1.95. The van der Waals surface area contributed by atoms with Crippen LogP contribution < -0.4 is 4.74 Å². The number of halogens is 1. The number of amides is 1. The summed E-state index contributed by atoms with van der Waals surface area (Å²) in [5, 5.41) is 19.9. The van der Waals surface area contributed by atoms with Gasteiger partial charge in [-0.1, -0.05) is 13.3 Å². The number of benzene rings is 1. The molecular formula is C17H24FNO4. The van der Waals surface area contributed by atoms with Gasteiger partial charge in [-0.05, 0) is 37.1 Å². The molecule has 1 aromatic carbocycles. The van der Waals surface area contributed by atoms with Crippen molar-refractivity contribution in [3.05, 3.63) is 30.1 Å². The number of hydrogen-bond donors (Lipinski definition) is 2. The van der Waals surface area contributed by atoms with E-state index in [4.69, 9.17) is 4.74 Å². The Kier molecular flexibility index (Phi) is 5.96. The maximum Gasteiger partial charge on any atom is 0.260 e. The minimum Gasteiger partial charge on any atom is -0.484 e. The fourth-order valence-electron chi connectivity index (χ4n) is 3.11. The lowest BCUT2D eigenvalue weighted by Crippen LogP contribution is -2.56. The smallest absolute Gasteiger partial charge is 0.260 e. The number of nitrogens with zero attached hydrogens (tertiary/aromatic N) is 1.